The van der Waals surface area contributed by atoms with E-state index in [4.69, 9.17) is 0 Å². The summed E-state index contributed by atoms with van der Waals surface area (Å²) in [4.78, 5) is 22.7. The zero-order valence-electron chi connectivity index (χ0n) is 18.9. The van der Waals surface area contributed by atoms with Gasteiger partial charge in [-0.3, -0.25) is 9.59 Å². The van der Waals surface area contributed by atoms with E-state index >= 15 is 0 Å². The predicted octanol–water partition coefficient (Wildman–Crippen LogP) is 5.45. The fourth-order valence-corrected chi connectivity index (χ4v) is 3.20. The number of aliphatic hydroxyl groups is 1. The summed E-state index contributed by atoms with van der Waals surface area (Å²) in [5.41, 5.74) is 0. The van der Waals surface area contributed by atoms with Crippen molar-refractivity contribution in [3.05, 3.63) is 12.2 Å². The van der Waals surface area contributed by atoms with Crippen molar-refractivity contribution in [1.29, 1.82) is 0 Å². The van der Waals surface area contributed by atoms with Crippen LogP contribution < -0.4 is 5.32 Å². The van der Waals surface area contributed by atoms with E-state index in [1.165, 1.54) is 64.9 Å². The normalized spacial score (nSPS) is 12.2. The van der Waals surface area contributed by atoms with Crippen LogP contribution in [0.1, 0.15) is 110 Å². The van der Waals surface area contributed by atoms with Gasteiger partial charge in [-0.1, -0.05) is 76.9 Å². The molecule has 1 atom stereocenters. The van der Waals surface area contributed by atoms with Gasteiger partial charge < -0.3 is 15.2 Å². The van der Waals surface area contributed by atoms with Gasteiger partial charge in [0.2, 0.25) is 5.91 Å². The van der Waals surface area contributed by atoms with Crippen LogP contribution in [0.3, 0.4) is 0 Å². The highest BCUT2D eigenvalue weighted by atomic mass is 16.5. The Bertz CT molecular complexity index is 423. The molecule has 0 aliphatic carbocycles. The Kier molecular flexibility index (Phi) is 20.3. The summed E-state index contributed by atoms with van der Waals surface area (Å²) in [5.74, 6) is -0.626. The Labute approximate surface area is 178 Å². The molecule has 0 fully saturated rings. The maximum Gasteiger partial charge on any atom is 0.305 e. The van der Waals surface area contributed by atoms with Crippen LogP contribution in [-0.2, 0) is 14.3 Å². The Hall–Kier alpha value is -1.36. The molecule has 0 aromatic rings. The number of amides is 1. The van der Waals surface area contributed by atoms with Crippen LogP contribution >= 0.6 is 0 Å². The van der Waals surface area contributed by atoms with Gasteiger partial charge in [0.1, 0.15) is 6.10 Å². The smallest absolute Gasteiger partial charge is 0.305 e. The van der Waals surface area contributed by atoms with Gasteiger partial charge in [0, 0.05) is 13.0 Å². The first-order valence-electron chi connectivity index (χ1n) is 11.8. The Balaban J connectivity index is 3.39. The van der Waals surface area contributed by atoms with E-state index < -0.39 is 6.10 Å². The largest absolute Gasteiger partial charge is 0.469 e. The summed E-state index contributed by atoms with van der Waals surface area (Å²) in [6.07, 6.45) is 21.0. The van der Waals surface area contributed by atoms with E-state index in [0.717, 1.165) is 25.7 Å². The first kappa shape index (κ1) is 27.6. The number of ether oxygens (including phenoxy) is 1. The van der Waals surface area contributed by atoms with Gasteiger partial charge in [-0.15, -0.1) is 0 Å². The molecule has 0 bridgehead atoms. The lowest BCUT2D eigenvalue weighted by atomic mass is 10.1. The number of allylic oxidation sites excluding steroid dienone is 2. The molecule has 0 radical (unpaired) electrons. The van der Waals surface area contributed by atoms with Crippen molar-refractivity contribution < 1.29 is 19.4 Å². The number of carbonyl (C=O) groups excluding carboxylic acids is 2. The minimum atomic E-state index is -0.946. The lowest BCUT2D eigenvalue weighted by Gasteiger charge is -2.11. The number of unbranched alkanes of at least 4 members (excludes halogenated alkanes) is 11. The van der Waals surface area contributed by atoms with E-state index in [1.807, 2.05) is 0 Å². The van der Waals surface area contributed by atoms with Gasteiger partial charge >= 0.3 is 5.97 Å². The van der Waals surface area contributed by atoms with Crippen molar-refractivity contribution in [2.24, 2.45) is 0 Å². The molecule has 5 heteroatoms. The lowest BCUT2D eigenvalue weighted by Crippen LogP contribution is -2.35. The molecule has 0 heterocycles. The van der Waals surface area contributed by atoms with Gasteiger partial charge in [0.25, 0.3) is 0 Å². The van der Waals surface area contributed by atoms with Crippen LogP contribution in [0, 0.1) is 0 Å². The number of carbonyl (C=O) groups is 2. The van der Waals surface area contributed by atoms with E-state index in [1.54, 1.807) is 0 Å². The third-order valence-corrected chi connectivity index (χ3v) is 5.13. The molecule has 1 amide bonds. The molecule has 0 aliphatic heterocycles. The molecular weight excluding hydrogens is 366 g/mol. The first-order valence-corrected chi connectivity index (χ1v) is 11.8. The van der Waals surface area contributed by atoms with Crippen LogP contribution in [-0.4, -0.2) is 36.7 Å². The van der Waals surface area contributed by atoms with Crippen molar-refractivity contribution >= 4 is 11.9 Å². The van der Waals surface area contributed by atoms with Gasteiger partial charge in [-0.25, -0.2) is 0 Å². The SMILES string of the molecule is CCCCCCCC/C=C\CCCCCCCC(O)C(=O)NCCCC(=O)OC. The maximum atomic E-state index is 11.8. The summed E-state index contributed by atoms with van der Waals surface area (Å²) in [5, 5.41) is 12.5. The lowest BCUT2D eigenvalue weighted by molar-refractivity contribution is -0.141. The van der Waals surface area contributed by atoms with E-state index in [9.17, 15) is 14.7 Å². The highest BCUT2D eigenvalue weighted by Gasteiger charge is 2.13. The molecule has 0 saturated heterocycles. The van der Waals surface area contributed by atoms with Crippen molar-refractivity contribution in [2.45, 2.75) is 116 Å². The highest BCUT2D eigenvalue weighted by Crippen LogP contribution is 2.11. The van der Waals surface area contributed by atoms with Crippen LogP contribution in [0.4, 0.5) is 0 Å². The molecule has 1 unspecified atom stereocenters. The number of nitrogens with one attached hydrogen (secondary N) is 1. The summed E-state index contributed by atoms with van der Waals surface area (Å²) in [7, 11) is 1.35. The van der Waals surface area contributed by atoms with Crippen molar-refractivity contribution in [1.82, 2.24) is 5.32 Å². The first-order chi connectivity index (χ1) is 14.1. The topological polar surface area (TPSA) is 75.6 Å². The van der Waals surface area contributed by atoms with Gasteiger partial charge in [-0.2, -0.15) is 0 Å². The van der Waals surface area contributed by atoms with Gasteiger partial charge in [0.05, 0.1) is 7.11 Å². The molecule has 29 heavy (non-hydrogen) atoms. The minimum Gasteiger partial charge on any atom is -0.469 e. The fourth-order valence-electron chi connectivity index (χ4n) is 3.20. The van der Waals surface area contributed by atoms with Crippen molar-refractivity contribution in [3.63, 3.8) is 0 Å². The summed E-state index contributed by atoms with van der Waals surface area (Å²) in [6.45, 7) is 2.64. The van der Waals surface area contributed by atoms with Gasteiger partial charge in [-0.05, 0) is 38.5 Å². The second kappa shape index (κ2) is 21.4. The monoisotopic (exact) mass is 411 g/mol. The van der Waals surface area contributed by atoms with Crippen molar-refractivity contribution in [3.8, 4) is 0 Å². The standard InChI is InChI=1S/C24H45NO4/c1-3-4-5-6-7-8-9-10-11-12-13-14-15-16-17-19-22(26)24(28)25-21-18-20-23(27)29-2/h10-11,22,26H,3-9,12-21H2,1-2H3,(H,25,28)/b11-10-. The Morgan fingerprint density at radius 1 is 0.862 bits per heavy atom. The Morgan fingerprint density at radius 2 is 1.41 bits per heavy atom. The molecule has 5 nitrogen and oxygen atoms in total. The third kappa shape index (κ3) is 19.7. The summed E-state index contributed by atoms with van der Waals surface area (Å²) in [6, 6.07) is 0. The number of methoxy groups -OCH3 is 1. The van der Waals surface area contributed by atoms with E-state index in [-0.39, 0.29) is 18.3 Å². The second-order valence-electron chi connectivity index (χ2n) is 7.86. The molecule has 170 valence electrons. The van der Waals surface area contributed by atoms with Crippen molar-refractivity contribution in [2.75, 3.05) is 13.7 Å². The number of hydrogen-bond donors (Lipinski definition) is 2. The third-order valence-electron chi connectivity index (χ3n) is 5.13. The molecule has 0 rings (SSSR count). The number of rotatable bonds is 20. The molecule has 0 saturated carbocycles. The Morgan fingerprint density at radius 3 is 2.00 bits per heavy atom. The molecule has 0 aromatic carbocycles. The molecule has 2 N–H and O–H groups in total. The minimum absolute atomic E-state index is 0.279. The summed E-state index contributed by atoms with van der Waals surface area (Å²) >= 11 is 0. The fraction of sp³-hybridized carbons (Fsp3) is 0.833. The highest BCUT2D eigenvalue weighted by molar-refractivity contribution is 5.80. The number of hydrogen-bond acceptors (Lipinski definition) is 4. The molecule has 0 spiro atoms. The van der Waals surface area contributed by atoms with E-state index in [2.05, 4.69) is 29.1 Å². The van der Waals surface area contributed by atoms with Crippen LogP contribution in [0.5, 0.6) is 0 Å². The average Bonchev–Trinajstić information content (AvgIpc) is 2.73. The van der Waals surface area contributed by atoms with Gasteiger partial charge in [0.15, 0.2) is 0 Å². The maximum absolute atomic E-state index is 11.8. The molecule has 0 aliphatic rings. The number of esters is 1. The quantitative estimate of drug-likeness (QED) is 0.159. The zero-order valence-corrected chi connectivity index (χ0v) is 18.9. The average molecular weight is 412 g/mol. The predicted molar refractivity (Wildman–Crippen MR) is 120 cm³/mol. The second-order valence-corrected chi connectivity index (χ2v) is 7.86. The number of aliphatic hydroxyl groups excluding tert-OH is 1. The summed E-state index contributed by atoms with van der Waals surface area (Å²) < 4.78 is 4.54. The van der Waals surface area contributed by atoms with Crippen LogP contribution in [0.2, 0.25) is 0 Å². The van der Waals surface area contributed by atoms with Crippen LogP contribution in [0.25, 0.3) is 0 Å². The molecule has 0 aromatic heterocycles. The molecular formula is C24H45NO4. The zero-order chi connectivity index (χ0) is 21.6. The van der Waals surface area contributed by atoms with Crippen LogP contribution in [0.15, 0.2) is 12.2 Å². The van der Waals surface area contributed by atoms with E-state index in [0.29, 0.717) is 19.4 Å².